The van der Waals surface area contributed by atoms with Crippen molar-refractivity contribution < 1.29 is 18.0 Å². The fourth-order valence-electron chi connectivity index (χ4n) is 1.90. The molecule has 0 spiro atoms. The molecule has 0 fully saturated rings. The predicted octanol–water partition coefficient (Wildman–Crippen LogP) is 2.81. The smallest absolute Gasteiger partial charge is 0.357 e. The van der Waals surface area contributed by atoms with E-state index in [2.05, 4.69) is 10.3 Å². The second-order valence-electron chi connectivity index (χ2n) is 5.51. The van der Waals surface area contributed by atoms with Crippen LogP contribution in [0.25, 0.3) is 0 Å². The van der Waals surface area contributed by atoms with Crippen molar-refractivity contribution >= 4 is 35.8 Å². The van der Waals surface area contributed by atoms with E-state index < -0.39 is 11.7 Å². The van der Waals surface area contributed by atoms with Gasteiger partial charge in [-0.05, 0) is 24.6 Å². The molecule has 1 rings (SSSR count). The van der Waals surface area contributed by atoms with Crippen LogP contribution >= 0.6 is 24.0 Å². The van der Waals surface area contributed by atoms with Crippen LogP contribution in [-0.4, -0.2) is 55.9 Å². The Hall–Kier alpha value is -1.52. The first-order valence-electron chi connectivity index (χ1n) is 7.51. The number of benzene rings is 1. The van der Waals surface area contributed by atoms with Gasteiger partial charge < -0.3 is 15.1 Å². The molecule has 1 aromatic carbocycles. The number of carbonyl (C=O) groups excluding carboxylic acids is 1. The Bertz CT molecular complexity index is 574. The molecule has 0 atom stereocenters. The lowest BCUT2D eigenvalue weighted by molar-refractivity contribution is -0.137. The van der Waals surface area contributed by atoms with E-state index >= 15 is 0 Å². The third-order valence-corrected chi connectivity index (χ3v) is 3.26. The third kappa shape index (κ3) is 7.93. The van der Waals surface area contributed by atoms with Crippen molar-refractivity contribution in [2.24, 2.45) is 4.99 Å². The van der Waals surface area contributed by atoms with E-state index in [1.54, 1.807) is 26.0 Å². The highest BCUT2D eigenvalue weighted by molar-refractivity contribution is 14.0. The fourth-order valence-corrected chi connectivity index (χ4v) is 1.90. The first-order valence-corrected chi connectivity index (χ1v) is 7.51. The van der Waals surface area contributed by atoms with Crippen LogP contribution in [0.4, 0.5) is 13.2 Å². The van der Waals surface area contributed by atoms with Gasteiger partial charge in [0.2, 0.25) is 5.91 Å². The van der Waals surface area contributed by atoms with E-state index in [1.807, 2.05) is 6.92 Å². The number of carbonyl (C=O) groups is 1. The van der Waals surface area contributed by atoms with Crippen LogP contribution in [0.2, 0.25) is 0 Å². The minimum atomic E-state index is -4.34. The highest BCUT2D eigenvalue weighted by atomic mass is 127. The summed E-state index contributed by atoms with van der Waals surface area (Å²) in [4.78, 5) is 19.1. The monoisotopic (exact) mass is 472 g/mol. The number of aliphatic imine (C=N–C) groups is 1. The lowest BCUT2D eigenvalue weighted by Crippen LogP contribution is -2.39. The van der Waals surface area contributed by atoms with Crippen LogP contribution in [0.5, 0.6) is 0 Å². The van der Waals surface area contributed by atoms with Crippen LogP contribution < -0.4 is 5.32 Å². The van der Waals surface area contributed by atoms with Gasteiger partial charge in [-0.15, -0.1) is 24.0 Å². The Morgan fingerprint density at radius 3 is 2.16 bits per heavy atom. The second kappa shape index (κ2) is 10.5. The molecule has 0 aliphatic rings. The van der Waals surface area contributed by atoms with E-state index in [-0.39, 0.29) is 36.4 Å². The van der Waals surface area contributed by atoms with Gasteiger partial charge in [0.05, 0.1) is 5.56 Å². The minimum Gasteiger partial charge on any atom is -0.357 e. The molecule has 0 saturated heterocycles. The van der Waals surface area contributed by atoms with Gasteiger partial charge in [0, 0.05) is 34.2 Å². The molecule has 1 aromatic rings. The number of guanidine groups is 1. The van der Waals surface area contributed by atoms with E-state index in [9.17, 15) is 18.0 Å². The summed E-state index contributed by atoms with van der Waals surface area (Å²) in [6.45, 7) is 2.90. The number of likely N-dealkylation sites (N-methyl/N-ethyl adjacent to an activating group) is 1. The molecule has 0 bridgehead atoms. The number of alkyl halides is 3. The minimum absolute atomic E-state index is 0. The zero-order valence-electron chi connectivity index (χ0n) is 14.7. The van der Waals surface area contributed by atoms with Crippen molar-refractivity contribution in [3.8, 4) is 0 Å². The molecule has 5 nitrogen and oxygen atoms in total. The number of hydrogen-bond donors (Lipinski definition) is 1. The summed E-state index contributed by atoms with van der Waals surface area (Å²) in [7, 11) is 5.06. The molecule has 1 amide bonds. The van der Waals surface area contributed by atoms with Crippen LogP contribution in [0.1, 0.15) is 18.1 Å². The number of halogens is 4. The molecule has 0 heterocycles. The summed E-state index contributed by atoms with van der Waals surface area (Å²) >= 11 is 0. The van der Waals surface area contributed by atoms with Gasteiger partial charge in [-0.3, -0.25) is 4.79 Å². The summed E-state index contributed by atoms with van der Waals surface area (Å²) in [5, 5.41) is 3.06. The zero-order valence-corrected chi connectivity index (χ0v) is 17.1. The van der Waals surface area contributed by atoms with Gasteiger partial charge in [0.15, 0.2) is 5.96 Å². The SMILES string of the molecule is CCNC(=NCC(=O)N(C)C)N(C)Cc1ccc(C(F)(F)F)cc1.I. The van der Waals surface area contributed by atoms with Gasteiger partial charge in [0.1, 0.15) is 6.54 Å². The molecule has 0 radical (unpaired) electrons. The van der Waals surface area contributed by atoms with Crippen molar-refractivity contribution in [3.63, 3.8) is 0 Å². The number of rotatable bonds is 5. The predicted molar refractivity (Wildman–Crippen MR) is 103 cm³/mol. The highest BCUT2D eigenvalue weighted by Gasteiger charge is 2.29. The zero-order chi connectivity index (χ0) is 18.3. The molecule has 25 heavy (non-hydrogen) atoms. The summed E-state index contributed by atoms with van der Waals surface area (Å²) in [6.07, 6.45) is -4.34. The Morgan fingerprint density at radius 1 is 1.16 bits per heavy atom. The maximum Gasteiger partial charge on any atom is 0.416 e. The summed E-state index contributed by atoms with van der Waals surface area (Å²) < 4.78 is 37.7. The number of hydrogen-bond acceptors (Lipinski definition) is 2. The lowest BCUT2D eigenvalue weighted by Gasteiger charge is -2.22. The maximum atomic E-state index is 12.6. The van der Waals surface area contributed by atoms with Crippen molar-refractivity contribution in [1.29, 1.82) is 0 Å². The molecule has 0 unspecified atom stereocenters. The van der Waals surface area contributed by atoms with Crippen molar-refractivity contribution in [2.75, 3.05) is 34.2 Å². The average Bonchev–Trinajstić information content (AvgIpc) is 2.50. The Labute approximate surface area is 163 Å². The molecule has 0 aliphatic carbocycles. The van der Waals surface area contributed by atoms with E-state index in [0.29, 0.717) is 19.0 Å². The maximum absolute atomic E-state index is 12.6. The standard InChI is InChI=1S/C16H23F3N4O.HI/c1-5-20-15(21-10-14(24)22(2)3)23(4)11-12-6-8-13(9-7-12)16(17,18)19;/h6-9H,5,10-11H2,1-4H3,(H,20,21);1H. The van der Waals surface area contributed by atoms with Crippen molar-refractivity contribution in [2.45, 2.75) is 19.6 Å². The largest absolute Gasteiger partial charge is 0.416 e. The third-order valence-electron chi connectivity index (χ3n) is 3.26. The average molecular weight is 472 g/mol. The quantitative estimate of drug-likeness (QED) is 0.408. The molecular weight excluding hydrogens is 448 g/mol. The van der Waals surface area contributed by atoms with E-state index in [4.69, 9.17) is 0 Å². The topological polar surface area (TPSA) is 47.9 Å². The second-order valence-corrected chi connectivity index (χ2v) is 5.51. The number of amides is 1. The fraction of sp³-hybridized carbons (Fsp3) is 0.500. The molecule has 142 valence electrons. The highest BCUT2D eigenvalue weighted by Crippen LogP contribution is 2.29. The van der Waals surface area contributed by atoms with Gasteiger partial charge in [0.25, 0.3) is 0 Å². The van der Waals surface area contributed by atoms with Crippen LogP contribution in [0.15, 0.2) is 29.3 Å². The van der Waals surface area contributed by atoms with Crippen LogP contribution in [0.3, 0.4) is 0 Å². The van der Waals surface area contributed by atoms with Gasteiger partial charge >= 0.3 is 6.18 Å². The molecule has 0 saturated carbocycles. The van der Waals surface area contributed by atoms with Crippen molar-refractivity contribution in [1.82, 2.24) is 15.1 Å². The van der Waals surface area contributed by atoms with E-state index in [0.717, 1.165) is 17.7 Å². The first-order chi connectivity index (χ1) is 11.1. The summed E-state index contributed by atoms with van der Waals surface area (Å²) in [5.41, 5.74) is 0.0427. The summed E-state index contributed by atoms with van der Waals surface area (Å²) in [5.74, 6) is 0.390. The van der Waals surface area contributed by atoms with Gasteiger partial charge in [-0.2, -0.15) is 13.2 Å². The normalized spacial score (nSPS) is 11.6. The van der Waals surface area contributed by atoms with Crippen LogP contribution in [-0.2, 0) is 17.5 Å². The molecule has 0 aliphatic heterocycles. The Kier molecular flexibility index (Phi) is 9.83. The van der Waals surface area contributed by atoms with Crippen molar-refractivity contribution in [3.05, 3.63) is 35.4 Å². The molecule has 1 N–H and O–H groups in total. The molecule has 0 aromatic heterocycles. The van der Waals surface area contributed by atoms with Gasteiger partial charge in [-0.1, -0.05) is 12.1 Å². The Balaban J connectivity index is 0.00000576. The molecular formula is C16H24F3IN4O. The number of nitrogens with zero attached hydrogens (tertiary/aromatic N) is 3. The number of nitrogens with one attached hydrogen (secondary N) is 1. The van der Waals surface area contributed by atoms with Gasteiger partial charge in [-0.25, -0.2) is 4.99 Å². The van der Waals surface area contributed by atoms with Crippen LogP contribution in [0, 0.1) is 0 Å². The molecule has 9 heteroatoms. The first kappa shape index (κ1) is 23.5. The Morgan fingerprint density at radius 2 is 1.72 bits per heavy atom. The summed E-state index contributed by atoms with van der Waals surface area (Å²) in [6, 6.07) is 4.99. The van der Waals surface area contributed by atoms with E-state index in [1.165, 1.54) is 17.0 Å². The lowest BCUT2D eigenvalue weighted by atomic mass is 10.1.